The first kappa shape index (κ1) is 90.7. The molecule has 0 radical (unpaired) electrons. The van der Waals surface area contributed by atoms with Crippen molar-refractivity contribution < 1.29 is 56.8 Å². The summed E-state index contributed by atoms with van der Waals surface area (Å²) in [5.74, 6) is 0. The molecular weight excluding hydrogens is 1510 g/mol. The van der Waals surface area contributed by atoms with Gasteiger partial charge in [-0.15, -0.1) is 90.7 Å². The average molecular weight is 1640 g/mol. The molecule has 0 aliphatic carbocycles. The molecule has 0 N–H and O–H groups in total. The Balaban J connectivity index is 1.22. The van der Waals surface area contributed by atoms with Gasteiger partial charge in [0, 0.05) is 82.1 Å². The summed E-state index contributed by atoms with van der Waals surface area (Å²) in [4.78, 5) is 18.7. The van der Waals surface area contributed by atoms with Crippen LogP contribution in [0, 0.1) is 0 Å². The van der Waals surface area contributed by atoms with Crippen molar-refractivity contribution in [1.82, 2.24) is 0 Å². The summed E-state index contributed by atoms with van der Waals surface area (Å²) in [6.45, 7) is 19.4. The number of thiophene rings is 8. The molecule has 0 saturated carbocycles. The van der Waals surface area contributed by atoms with E-state index in [9.17, 15) is 0 Å². The minimum Gasteiger partial charge on any atom is -0.382 e. The Bertz CT molecular complexity index is 3600. The summed E-state index contributed by atoms with van der Waals surface area (Å²) in [6.07, 6.45) is 35.4. The number of hydrogen-bond donors (Lipinski definition) is 0. The molecule has 0 atom stereocenters. The Morgan fingerprint density at radius 2 is 0.491 bits per heavy atom. The lowest BCUT2D eigenvalue weighted by atomic mass is 10.0. The molecule has 0 saturated heterocycles. The lowest BCUT2D eigenvalue weighted by molar-refractivity contribution is 0.0200. The minimum absolute atomic E-state index is 0.429. The highest BCUT2D eigenvalue weighted by Crippen LogP contribution is 2.54. The predicted molar refractivity (Wildman–Crippen MR) is 465 cm³/mol. The summed E-state index contributed by atoms with van der Waals surface area (Å²) in [6, 6.07) is 19.9. The molecule has 0 bridgehead atoms. The SMILES string of the molecule is CCCCCCCCc1ccsc1-c1cc(CCCCCCCC)c(-c2cc(CCCCCCCC)c(-c3cc(CCCCCCCC)c(-c4cc(COCCOCCOC)c(-c5cc(COCCOCCOC)c(-c6cc(COCCOCCOC)c(-c7cc(COCCOCCOC)cs7)s6)s5)s4)s3)s2)s1. The van der Waals surface area contributed by atoms with E-state index in [0.29, 0.717) is 132 Å². The van der Waals surface area contributed by atoms with Crippen LogP contribution >= 0.6 is 90.7 Å². The van der Waals surface area contributed by atoms with E-state index < -0.39 is 0 Å². The Hall–Kier alpha value is -2.88. The van der Waals surface area contributed by atoms with E-state index in [1.54, 1.807) is 50.9 Å². The second kappa shape index (κ2) is 55.6. The second-order valence-electron chi connectivity index (χ2n) is 28.1. The molecule has 0 aliphatic rings. The van der Waals surface area contributed by atoms with Gasteiger partial charge in [-0.05, 0) is 155 Å². The molecule has 108 heavy (non-hydrogen) atoms. The third kappa shape index (κ3) is 31.7. The van der Waals surface area contributed by atoms with E-state index in [2.05, 4.69) is 110 Å². The molecule has 8 aromatic rings. The van der Waals surface area contributed by atoms with Gasteiger partial charge in [-0.25, -0.2) is 0 Å². The van der Waals surface area contributed by atoms with E-state index in [0.717, 1.165) is 36.0 Å². The molecule has 0 unspecified atom stereocenters. The molecule has 0 amide bonds. The van der Waals surface area contributed by atoms with Crippen molar-refractivity contribution in [3.8, 4) is 68.3 Å². The Kier molecular flexibility index (Phi) is 46.7. The van der Waals surface area contributed by atoms with Crippen molar-refractivity contribution in [2.24, 2.45) is 0 Å². The molecule has 0 spiro atoms. The average Bonchev–Trinajstić information content (AvgIpc) is 1.61. The zero-order chi connectivity index (χ0) is 75.9. The highest BCUT2D eigenvalue weighted by atomic mass is 32.1. The van der Waals surface area contributed by atoms with Crippen molar-refractivity contribution in [2.45, 2.75) is 234 Å². The first-order valence-corrected chi connectivity index (χ1v) is 47.5. The fraction of sp³-hybridized carbons (Fsp3) is 0.636. The smallest absolute Gasteiger partial charge is 0.0732 e. The van der Waals surface area contributed by atoms with E-state index in [1.165, 1.54) is 245 Å². The monoisotopic (exact) mass is 1630 g/mol. The van der Waals surface area contributed by atoms with Crippen LogP contribution in [0.25, 0.3) is 68.3 Å². The zero-order valence-electron chi connectivity index (χ0n) is 66.9. The fourth-order valence-electron chi connectivity index (χ4n) is 13.3. The van der Waals surface area contributed by atoms with Crippen LogP contribution in [-0.4, -0.2) is 134 Å². The molecule has 20 heteroatoms. The highest BCUT2D eigenvalue weighted by molar-refractivity contribution is 7.31. The molecule has 0 aromatic carbocycles. The number of hydrogen-bond acceptors (Lipinski definition) is 20. The third-order valence-electron chi connectivity index (χ3n) is 19.3. The zero-order valence-corrected chi connectivity index (χ0v) is 73.4. The Labute approximate surface area is 682 Å². The van der Waals surface area contributed by atoms with Crippen LogP contribution in [0.1, 0.15) is 226 Å². The summed E-state index contributed by atoms with van der Waals surface area (Å²) in [7, 11) is 6.80. The van der Waals surface area contributed by atoms with Gasteiger partial charge in [0.05, 0.1) is 147 Å². The Morgan fingerprint density at radius 3 is 0.824 bits per heavy atom. The van der Waals surface area contributed by atoms with E-state index >= 15 is 0 Å². The number of aryl methyl sites for hydroxylation is 4. The Morgan fingerprint density at radius 1 is 0.231 bits per heavy atom. The molecule has 8 heterocycles. The van der Waals surface area contributed by atoms with Crippen LogP contribution in [-0.2, 0) is 109 Å². The molecular formula is C88H130O12S8. The van der Waals surface area contributed by atoms with Gasteiger partial charge in [-0.1, -0.05) is 156 Å². The number of rotatable bonds is 67. The first-order valence-electron chi connectivity index (χ1n) is 40.8. The van der Waals surface area contributed by atoms with Crippen LogP contribution < -0.4 is 0 Å². The quantitative estimate of drug-likeness (QED) is 0.0339. The van der Waals surface area contributed by atoms with Crippen molar-refractivity contribution in [3.05, 3.63) is 104 Å². The summed E-state index contributed by atoms with van der Waals surface area (Å²) >= 11 is 15.5. The maximum atomic E-state index is 6.67. The molecule has 0 fully saturated rings. The predicted octanol–water partition coefficient (Wildman–Crippen LogP) is 26.2. The topological polar surface area (TPSA) is 111 Å². The second-order valence-corrected chi connectivity index (χ2v) is 36.2. The summed E-state index contributed by atoms with van der Waals surface area (Å²) in [5.41, 5.74) is 10.7. The van der Waals surface area contributed by atoms with Crippen LogP contribution in [0.3, 0.4) is 0 Å². The van der Waals surface area contributed by atoms with Gasteiger partial charge in [0.2, 0.25) is 0 Å². The lowest BCUT2D eigenvalue weighted by Crippen LogP contribution is -2.08. The standard InChI is InChI=1S/C88H130O12S8/c1-9-13-17-21-25-29-33-68-37-54-101-82(68)76-56-69(34-30-26-22-18-14-10-2)83(103-76)77-57-70(35-31-27-23-19-15-11-3)84(104-77)78-58-71(36-32-28-24-20-16-12-4)85(105-78)79-60-73(64-99-52-48-95-44-40-91-7)88(107-79)81-61-74(65-100-53-49-96-45-41-92-8)87(108-81)80-59-72(63-98-51-47-94-43-39-90-6)86(106-80)75-55-67(66-102-75)62-97-50-46-93-42-38-89-5/h37,54-61,66H,9-36,38-53,62-65H2,1-8H3. The molecule has 8 aromatic heterocycles. The van der Waals surface area contributed by atoms with Gasteiger partial charge in [-0.2, -0.15) is 0 Å². The van der Waals surface area contributed by atoms with E-state index in [-0.39, 0.29) is 0 Å². The molecule has 12 nitrogen and oxygen atoms in total. The van der Waals surface area contributed by atoms with Gasteiger partial charge < -0.3 is 56.8 Å². The van der Waals surface area contributed by atoms with Gasteiger partial charge in [-0.3, -0.25) is 0 Å². The van der Waals surface area contributed by atoms with E-state index in [4.69, 9.17) is 56.8 Å². The first-order chi connectivity index (χ1) is 53.3. The minimum atomic E-state index is 0.429. The maximum absolute atomic E-state index is 6.67. The van der Waals surface area contributed by atoms with E-state index in [1.807, 2.05) is 56.7 Å². The largest absolute Gasteiger partial charge is 0.382 e. The summed E-state index contributed by atoms with van der Waals surface area (Å²) < 4.78 is 70.3. The van der Waals surface area contributed by atoms with Gasteiger partial charge in [0.15, 0.2) is 0 Å². The van der Waals surface area contributed by atoms with Crippen LogP contribution in [0.5, 0.6) is 0 Å². The normalized spacial score (nSPS) is 11.9. The number of methoxy groups -OCH3 is 4. The molecule has 0 aliphatic heterocycles. The molecule has 602 valence electrons. The third-order valence-corrected chi connectivity index (χ3v) is 29.5. The number of unbranched alkanes of at least 4 members (excludes halogenated alkanes) is 20. The number of ether oxygens (including phenoxy) is 12. The van der Waals surface area contributed by atoms with Gasteiger partial charge in [0.1, 0.15) is 0 Å². The van der Waals surface area contributed by atoms with Gasteiger partial charge in [0.25, 0.3) is 0 Å². The van der Waals surface area contributed by atoms with Crippen molar-refractivity contribution in [2.75, 3.05) is 134 Å². The highest BCUT2D eigenvalue weighted by Gasteiger charge is 2.27. The fourth-order valence-corrected chi connectivity index (χ4v) is 23.2. The van der Waals surface area contributed by atoms with Crippen molar-refractivity contribution in [3.63, 3.8) is 0 Å². The van der Waals surface area contributed by atoms with Crippen LogP contribution in [0.4, 0.5) is 0 Å². The van der Waals surface area contributed by atoms with Crippen LogP contribution in [0.15, 0.2) is 59.3 Å². The van der Waals surface area contributed by atoms with Crippen molar-refractivity contribution >= 4 is 90.7 Å². The van der Waals surface area contributed by atoms with Gasteiger partial charge >= 0.3 is 0 Å². The maximum Gasteiger partial charge on any atom is 0.0732 e. The van der Waals surface area contributed by atoms with Crippen molar-refractivity contribution in [1.29, 1.82) is 0 Å². The van der Waals surface area contributed by atoms with Crippen LogP contribution in [0.2, 0.25) is 0 Å². The summed E-state index contributed by atoms with van der Waals surface area (Å²) in [5, 5.41) is 4.57. The lowest BCUT2D eigenvalue weighted by Gasteiger charge is -2.06. The molecule has 8 rings (SSSR count).